The van der Waals surface area contributed by atoms with E-state index in [1.807, 2.05) is 27.2 Å². The molecule has 0 aliphatic rings. The SMILES string of the molecule is CCCCC/C=C\C[C@H](O)/C=C/C=C/C=C\[C@H](O)CCCC(=O)O[C@H](COC(C)=O)COP(=O)([O-])OCC[N+](C)(C)C. The molecule has 2 N–H and O–H groups in total. The smallest absolute Gasteiger partial charge is 0.306 e. The number of phosphoric ester groups is 1. The van der Waals surface area contributed by atoms with Crippen LogP contribution in [0.15, 0.2) is 48.6 Å². The summed E-state index contributed by atoms with van der Waals surface area (Å²) in [6.45, 7) is 2.74. The molecule has 0 fully saturated rings. The third-order valence-corrected chi connectivity index (χ3v) is 6.56. The second-order valence-corrected chi connectivity index (χ2v) is 12.3. The Bertz CT molecular complexity index is 910. The van der Waals surface area contributed by atoms with Gasteiger partial charge in [-0.25, -0.2) is 0 Å². The minimum absolute atomic E-state index is 0.0416. The Morgan fingerprint density at radius 2 is 1.60 bits per heavy atom. The quantitative estimate of drug-likeness (QED) is 0.0409. The van der Waals surface area contributed by atoms with Gasteiger partial charge in [0.25, 0.3) is 7.82 Å². The van der Waals surface area contributed by atoms with E-state index in [-0.39, 0.29) is 19.6 Å². The fourth-order valence-electron chi connectivity index (χ4n) is 3.22. The fourth-order valence-corrected chi connectivity index (χ4v) is 3.95. The molecule has 0 aliphatic heterocycles. The largest absolute Gasteiger partial charge is 0.756 e. The topological polar surface area (TPSA) is 152 Å². The van der Waals surface area contributed by atoms with Crippen molar-refractivity contribution in [3.8, 4) is 0 Å². The van der Waals surface area contributed by atoms with Gasteiger partial charge in [0.2, 0.25) is 0 Å². The van der Waals surface area contributed by atoms with Crippen LogP contribution in [0.1, 0.15) is 65.2 Å². The van der Waals surface area contributed by atoms with Crippen LogP contribution in [0.5, 0.6) is 0 Å². The van der Waals surface area contributed by atoms with Gasteiger partial charge in [-0.15, -0.1) is 0 Å². The molecule has 0 rings (SSSR count). The molecule has 42 heavy (non-hydrogen) atoms. The fraction of sp³-hybridized carbons (Fsp3) is 0.667. The van der Waals surface area contributed by atoms with E-state index in [1.54, 1.807) is 36.5 Å². The lowest BCUT2D eigenvalue weighted by molar-refractivity contribution is -0.870. The van der Waals surface area contributed by atoms with Crippen LogP contribution in [0.2, 0.25) is 0 Å². The monoisotopic (exact) mass is 617 g/mol. The second-order valence-electron chi connectivity index (χ2n) is 10.9. The molecular weight excluding hydrogens is 565 g/mol. The summed E-state index contributed by atoms with van der Waals surface area (Å²) in [4.78, 5) is 35.4. The molecule has 0 saturated heterocycles. The lowest BCUT2D eigenvalue weighted by Crippen LogP contribution is -2.37. The van der Waals surface area contributed by atoms with E-state index in [1.165, 1.54) is 26.2 Å². The van der Waals surface area contributed by atoms with Crippen molar-refractivity contribution in [2.24, 2.45) is 0 Å². The molecule has 11 nitrogen and oxygen atoms in total. The molecule has 0 aromatic rings. The number of unbranched alkanes of at least 4 members (excludes halogenated alkanes) is 3. The highest BCUT2D eigenvalue weighted by Crippen LogP contribution is 2.38. The highest BCUT2D eigenvalue weighted by molar-refractivity contribution is 7.45. The Labute approximate surface area is 251 Å². The summed E-state index contributed by atoms with van der Waals surface area (Å²) < 4.78 is 32.2. The second kappa shape index (κ2) is 23.4. The first-order valence-electron chi connectivity index (χ1n) is 14.5. The van der Waals surface area contributed by atoms with E-state index in [9.17, 15) is 29.3 Å². The van der Waals surface area contributed by atoms with Gasteiger partial charge in [-0.2, -0.15) is 0 Å². The lowest BCUT2D eigenvalue weighted by Gasteiger charge is -2.28. The number of hydrogen-bond donors (Lipinski definition) is 2. The number of carbonyl (C=O) groups excluding carboxylic acids is 2. The highest BCUT2D eigenvalue weighted by Gasteiger charge is 2.21. The Balaban J connectivity index is 4.44. The molecule has 1 unspecified atom stereocenters. The van der Waals surface area contributed by atoms with Crippen LogP contribution in [0.25, 0.3) is 0 Å². The van der Waals surface area contributed by atoms with Crippen molar-refractivity contribution >= 4 is 19.8 Å². The average Bonchev–Trinajstić information content (AvgIpc) is 2.88. The molecule has 0 aromatic heterocycles. The van der Waals surface area contributed by atoms with Crippen molar-refractivity contribution in [3.05, 3.63) is 48.6 Å². The number of ether oxygens (including phenoxy) is 2. The van der Waals surface area contributed by atoms with Gasteiger partial charge in [-0.05, 0) is 32.1 Å². The molecule has 0 amide bonds. The summed E-state index contributed by atoms with van der Waals surface area (Å²) in [6.07, 6.45) is 17.5. The van der Waals surface area contributed by atoms with Gasteiger partial charge in [0.1, 0.15) is 19.8 Å². The number of hydrogen-bond acceptors (Lipinski definition) is 10. The zero-order chi connectivity index (χ0) is 31.9. The predicted molar refractivity (Wildman–Crippen MR) is 160 cm³/mol. The van der Waals surface area contributed by atoms with E-state index >= 15 is 0 Å². The van der Waals surface area contributed by atoms with Crippen LogP contribution in [-0.4, -0.2) is 92.5 Å². The van der Waals surface area contributed by atoms with Crippen molar-refractivity contribution in [3.63, 3.8) is 0 Å². The van der Waals surface area contributed by atoms with Crippen LogP contribution in [0, 0.1) is 0 Å². The first-order valence-corrected chi connectivity index (χ1v) is 16.0. The van der Waals surface area contributed by atoms with Gasteiger partial charge in [-0.3, -0.25) is 14.2 Å². The minimum Gasteiger partial charge on any atom is -0.756 e. The third-order valence-electron chi connectivity index (χ3n) is 5.60. The normalized spacial score (nSPS) is 16.3. The molecule has 0 bridgehead atoms. The highest BCUT2D eigenvalue weighted by atomic mass is 31.2. The molecule has 0 saturated carbocycles. The summed E-state index contributed by atoms with van der Waals surface area (Å²) in [5, 5.41) is 20.0. The maximum atomic E-state index is 12.3. The third kappa shape index (κ3) is 26.8. The summed E-state index contributed by atoms with van der Waals surface area (Å²) >= 11 is 0. The van der Waals surface area contributed by atoms with Gasteiger partial charge >= 0.3 is 11.9 Å². The van der Waals surface area contributed by atoms with Gasteiger partial charge < -0.3 is 38.1 Å². The summed E-state index contributed by atoms with van der Waals surface area (Å²) in [6, 6.07) is 0. The predicted octanol–water partition coefficient (Wildman–Crippen LogP) is 3.76. The van der Waals surface area contributed by atoms with Crippen molar-refractivity contribution in [1.82, 2.24) is 0 Å². The molecule has 0 radical (unpaired) electrons. The number of phosphoric acid groups is 1. The Hall–Kier alpha value is -2.11. The number of quaternary nitrogens is 1. The van der Waals surface area contributed by atoms with E-state index in [4.69, 9.17) is 18.5 Å². The molecule has 0 aliphatic carbocycles. The summed E-state index contributed by atoms with van der Waals surface area (Å²) in [5.74, 6) is -1.28. The number of carbonyl (C=O) groups is 2. The number of nitrogens with zero attached hydrogens (tertiary/aromatic N) is 1. The maximum Gasteiger partial charge on any atom is 0.306 e. The van der Waals surface area contributed by atoms with Gasteiger partial charge in [0, 0.05) is 13.3 Å². The van der Waals surface area contributed by atoms with E-state index in [2.05, 4.69) is 13.0 Å². The van der Waals surface area contributed by atoms with Crippen LogP contribution in [0.3, 0.4) is 0 Å². The minimum atomic E-state index is -4.65. The number of allylic oxidation sites excluding steroid dienone is 5. The molecule has 12 heteroatoms. The standard InChI is InChI=1S/C30H52NO10P/c1-6-7-8-9-10-13-17-27(33)18-14-11-12-15-19-28(34)20-16-21-30(35)41-29(24-38-26(2)32)25-40-42(36,37)39-23-22-31(3,4)5/h10-15,18-19,27-29,33-34H,6-9,16-17,20-25H2,1-5H3/b12-11+,13-10-,18-14+,19-15-/t27-,28-,29+/m0/s1. The van der Waals surface area contributed by atoms with E-state index in [0.29, 0.717) is 30.3 Å². The van der Waals surface area contributed by atoms with E-state index in [0.717, 1.165) is 6.42 Å². The number of esters is 2. The van der Waals surface area contributed by atoms with Crippen molar-refractivity contribution in [1.29, 1.82) is 0 Å². The lowest BCUT2D eigenvalue weighted by atomic mass is 10.1. The van der Waals surface area contributed by atoms with Crippen LogP contribution in [0.4, 0.5) is 0 Å². The number of aliphatic hydroxyl groups excluding tert-OH is 2. The zero-order valence-electron chi connectivity index (χ0n) is 25.9. The Morgan fingerprint density at radius 3 is 2.21 bits per heavy atom. The first-order chi connectivity index (χ1) is 19.7. The maximum absolute atomic E-state index is 12.3. The number of aliphatic hydroxyl groups is 2. The summed E-state index contributed by atoms with van der Waals surface area (Å²) in [5.41, 5.74) is 0. The molecular formula is C30H52NO10P. The van der Waals surface area contributed by atoms with Crippen LogP contribution >= 0.6 is 7.82 Å². The van der Waals surface area contributed by atoms with Gasteiger partial charge in [-0.1, -0.05) is 68.4 Å². The first kappa shape index (κ1) is 39.9. The van der Waals surface area contributed by atoms with Crippen molar-refractivity contribution < 1.29 is 52.3 Å². The van der Waals surface area contributed by atoms with Crippen molar-refractivity contribution in [2.45, 2.75) is 83.5 Å². The van der Waals surface area contributed by atoms with Crippen LogP contribution < -0.4 is 4.89 Å². The van der Waals surface area contributed by atoms with Gasteiger partial charge in [0.15, 0.2) is 6.10 Å². The molecule has 0 heterocycles. The Morgan fingerprint density at radius 1 is 0.929 bits per heavy atom. The number of likely N-dealkylation sites (N-methyl/N-ethyl adjacent to an activating group) is 1. The van der Waals surface area contributed by atoms with Crippen LogP contribution in [-0.2, 0) is 32.7 Å². The van der Waals surface area contributed by atoms with E-state index < -0.39 is 44.7 Å². The molecule has 0 spiro atoms. The molecule has 242 valence electrons. The molecule has 4 atom stereocenters. The average molecular weight is 618 g/mol. The van der Waals surface area contributed by atoms with Gasteiger partial charge in [0.05, 0.1) is 40.0 Å². The number of rotatable bonds is 24. The Kier molecular flexibility index (Phi) is 22.2. The zero-order valence-corrected chi connectivity index (χ0v) is 26.8. The molecule has 0 aromatic carbocycles. The summed E-state index contributed by atoms with van der Waals surface area (Å²) in [7, 11) is 0.988. The van der Waals surface area contributed by atoms with Crippen molar-refractivity contribution in [2.75, 3.05) is 47.5 Å².